The number of rotatable bonds is 14. The van der Waals surface area contributed by atoms with Gasteiger partial charge in [0.25, 0.3) is 11.8 Å². The lowest BCUT2D eigenvalue weighted by molar-refractivity contribution is -0.119. The lowest BCUT2D eigenvalue weighted by Gasteiger charge is -2.15. The number of Topliss-reactive ketones (excluding diaryl/α,β-unsaturated/α-hetero) is 1. The van der Waals surface area contributed by atoms with E-state index < -0.39 is 23.6 Å². The van der Waals surface area contributed by atoms with Gasteiger partial charge in [0, 0.05) is 58.6 Å². The Hall–Kier alpha value is -7.72. The minimum atomic E-state index is -0.952. The highest BCUT2D eigenvalue weighted by atomic mass is 16.7. The molecule has 6 rings (SSSR count). The van der Waals surface area contributed by atoms with Crippen LogP contribution in [0.1, 0.15) is 71.7 Å². The Kier molecular flexibility index (Phi) is 12.5. The number of fused-ring (bicyclic) bond motifs is 1. The third-order valence-electron chi connectivity index (χ3n) is 9.87. The molecule has 1 unspecified atom stereocenters. The van der Waals surface area contributed by atoms with Gasteiger partial charge in [-0.05, 0) is 98.1 Å². The van der Waals surface area contributed by atoms with E-state index in [1.165, 1.54) is 42.5 Å². The number of allylic oxidation sites excluding steroid dienone is 1. The number of carbonyl (C=O) groups is 5. The van der Waals surface area contributed by atoms with Crippen molar-refractivity contribution in [2.45, 2.75) is 40.0 Å². The van der Waals surface area contributed by atoms with Crippen LogP contribution in [0.4, 0.5) is 17.1 Å². The molecule has 0 aromatic heterocycles. The number of hydrogen-bond acceptors (Lipinski definition) is 10. The lowest BCUT2D eigenvalue weighted by atomic mass is 9.94. The molecule has 0 fully saturated rings. The zero-order valence-electron chi connectivity index (χ0n) is 32.4. The number of ether oxygens (including phenoxy) is 2. The molecule has 1 heterocycles. The molecule has 298 valence electrons. The van der Waals surface area contributed by atoms with Crippen molar-refractivity contribution in [3.8, 4) is 29.1 Å². The van der Waals surface area contributed by atoms with Crippen LogP contribution in [-0.2, 0) is 16.0 Å². The number of nitriles is 1. The molecule has 1 atom stereocenters. The van der Waals surface area contributed by atoms with E-state index in [9.17, 15) is 39.4 Å². The van der Waals surface area contributed by atoms with Gasteiger partial charge in [0.1, 0.15) is 11.5 Å². The Balaban J connectivity index is 1.01. The molecule has 5 N–H and O–H groups in total. The van der Waals surface area contributed by atoms with Crippen LogP contribution < -0.4 is 25.4 Å². The van der Waals surface area contributed by atoms with E-state index >= 15 is 0 Å². The maximum absolute atomic E-state index is 13.2. The van der Waals surface area contributed by atoms with Gasteiger partial charge in [-0.2, -0.15) is 5.26 Å². The van der Waals surface area contributed by atoms with Crippen molar-refractivity contribution in [3.05, 3.63) is 142 Å². The summed E-state index contributed by atoms with van der Waals surface area (Å²) < 4.78 is 10.7. The van der Waals surface area contributed by atoms with Crippen LogP contribution in [0.5, 0.6) is 23.0 Å². The second-order valence-electron chi connectivity index (χ2n) is 14.0. The quantitative estimate of drug-likeness (QED) is 0.0545. The fourth-order valence-corrected chi connectivity index (χ4v) is 6.31. The highest BCUT2D eigenvalue weighted by Crippen LogP contribution is 2.34. The molecule has 0 saturated carbocycles. The second kappa shape index (κ2) is 18.0. The molecule has 0 radical (unpaired) electrons. The number of aryl methyl sites for hydroxylation is 1. The minimum Gasteiger partial charge on any atom is -0.507 e. The van der Waals surface area contributed by atoms with Crippen molar-refractivity contribution in [2.24, 2.45) is 5.92 Å². The molecule has 0 saturated heterocycles. The van der Waals surface area contributed by atoms with Gasteiger partial charge in [0.05, 0.1) is 17.6 Å². The molecule has 0 spiro atoms. The van der Waals surface area contributed by atoms with Crippen molar-refractivity contribution in [2.75, 3.05) is 22.7 Å². The molecule has 5 aromatic rings. The average Bonchev–Trinajstić information content (AvgIpc) is 3.70. The monoisotopic (exact) mass is 792 g/mol. The fourth-order valence-electron chi connectivity index (χ4n) is 6.31. The van der Waals surface area contributed by atoms with Gasteiger partial charge in [-0.3, -0.25) is 24.0 Å². The van der Waals surface area contributed by atoms with Crippen molar-refractivity contribution < 1.29 is 43.7 Å². The fraction of sp³-hybridized carbons (Fsp3) is 0.174. The molecule has 0 bridgehead atoms. The Morgan fingerprint density at radius 1 is 0.746 bits per heavy atom. The highest BCUT2D eigenvalue weighted by molar-refractivity contribution is 6.09. The summed E-state index contributed by atoms with van der Waals surface area (Å²) in [4.78, 5) is 65.1. The lowest BCUT2D eigenvalue weighted by Crippen LogP contribution is -2.25. The van der Waals surface area contributed by atoms with E-state index in [1.807, 2.05) is 12.1 Å². The molecule has 1 aliphatic rings. The van der Waals surface area contributed by atoms with E-state index in [4.69, 9.17) is 9.47 Å². The summed E-state index contributed by atoms with van der Waals surface area (Å²) in [5.41, 5.74) is 4.42. The number of nitrogens with one attached hydrogen (secondary N) is 3. The average molecular weight is 793 g/mol. The number of anilines is 3. The Morgan fingerprint density at radius 2 is 1.39 bits per heavy atom. The van der Waals surface area contributed by atoms with Crippen LogP contribution in [0.15, 0.2) is 97.1 Å². The number of phenolic OH excluding ortho intramolecular Hbond substituents is 2. The first kappa shape index (κ1) is 40.9. The normalized spacial score (nSPS) is 12.0. The maximum atomic E-state index is 13.2. The predicted molar refractivity (Wildman–Crippen MR) is 221 cm³/mol. The molecule has 13 heteroatoms. The van der Waals surface area contributed by atoms with Crippen molar-refractivity contribution >= 4 is 52.4 Å². The smallest absolute Gasteiger partial charge is 0.259 e. The molecule has 0 aliphatic carbocycles. The maximum Gasteiger partial charge on any atom is 0.259 e. The first-order chi connectivity index (χ1) is 28.3. The van der Waals surface area contributed by atoms with Crippen LogP contribution in [0.3, 0.4) is 0 Å². The minimum absolute atomic E-state index is 0.0262. The molecular weight excluding hydrogens is 753 g/mol. The molecular formula is C46H40N4O9. The number of hydrogen-bond donors (Lipinski definition) is 5. The van der Waals surface area contributed by atoms with Crippen LogP contribution in [0.2, 0.25) is 0 Å². The van der Waals surface area contributed by atoms with E-state index in [2.05, 4.69) is 16.0 Å². The third-order valence-corrected chi connectivity index (χ3v) is 9.87. The van der Waals surface area contributed by atoms with Crippen LogP contribution in [0, 0.1) is 38.0 Å². The largest absolute Gasteiger partial charge is 0.507 e. The van der Waals surface area contributed by atoms with Crippen molar-refractivity contribution in [1.29, 1.82) is 5.26 Å². The molecule has 1 aliphatic heterocycles. The summed E-state index contributed by atoms with van der Waals surface area (Å²) in [6.45, 7) is 5.11. The number of benzene rings is 5. The van der Waals surface area contributed by atoms with Crippen molar-refractivity contribution in [1.82, 2.24) is 0 Å². The second-order valence-corrected chi connectivity index (χ2v) is 14.0. The Labute approximate surface area is 339 Å². The zero-order valence-corrected chi connectivity index (χ0v) is 32.4. The third kappa shape index (κ3) is 9.81. The summed E-state index contributed by atoms with van der Waals surface area (Å²) >= 11 is 0. The standard InChI is InChI=1S/C46H40N4O9/c1-26-4-17-37(27(2)42(26)53)50-46(57)36-16-18-38(28(3)43(36)54)49-44(55)32-11-13-34(14-12-32)48-45(56)33(20-21-47)24-39(52)31-9-5-29(6-10-31)22-35(51)15-7-30-8-19-40-41(23-30)59-25-58-40/h4-19,23,33,53-54H,20,22,24-25H2,1-3H3,(H,48,56)(H,49,55)(H,50,57)/b15-7+. The van der Waals surface area contributed by atoms with Gasteiger partial charge < -0.3 is 35.6 Å². The Bertz CT molecular complexity index is 2540. The van der Waals surface area contributed by atoms with E-state index in [0.29, 0.717) is 45.1 Å². The first-order valence-electron chi connectivity index (χ1n) is 18.6. The van der Waals surface area contributed by atoms with Crippen molar-refractivity contribution in [3.63, 3.8) is 0 Å². The van der Waals surface area contributed by atoms with Gasteiger partial charge in [0.15, 0.2) is 23.1 Å². The van der Waals surface area contributed by atoms with Gasteiger partial charge >= 0.3 is 0 Å². The number of amides is 3. The number of carbonyl (C=O) groups excluding carboxylic acids is 5. The van der Waals surface area contributed by atoms with E-state index in [0.717, 1.165) is 5.56 Å². The first-order valence-corrected chi connectivity index (χ1v) is 18.6. The van der Waals surface area contributed by atoms with Gasteiger partial charge in [-0.15, -0.1) is 0 Å². The number of aromatic hydroxyl groups is 2. The van der Waals surface area contributed by atoms with Gasteiger partial charge in [-0.25, -0.2) is 0 Å². The topological polar surface area (TPSA) is 204 Å². The van der Waals surface area contributed by atoms with Gasteiger partial charge in [-0.1, -0.05) is 42.5 Å². The molecule has 59 heavy (non-hydrogen) atoms. The molecule has 13 nitrogen and oxygen atoms in total. The van der Waals surface area contributed by atoms with Crippen LogP contribution in [0.25, 0.3) is 6.08 Å². The predicted octanol–water partition coefficient (Wildman–Crippen LogP) is 7.82. The molecule has 3 amide bonds. The van der Waals surface area contributed by atoms with Gasteiger partial charge in [0.2, 0.25) is 12.7 Å². The summed E-state index contributed by atoms with van der Waals surface area (Å²) in [6, 6.07) is 26.0. The molecule has 5 aromatic carbocycles. The Morgan fingerprint density at radius 3 is 2.10 bits per heavy atom. The summed E-state index contributed by atoms with van der Waals surface area (Å²) in [7, 11) is 0. The van der Waals surface area contributed by atoms with E-state index in [1.54, 1.807) is 75.4 Å². The SMILES string of the molecule is Cc1ccc(NC(=O)c2ccc(NC(=O)c3ccc(NC(=O)C(CC#N)CC(=O)c4ccc(CC(=O)/C=C/c5ccc6c(c5)OCO6)cc4)cc3)c(C)c2O)c(C)c1O. The summed E-state index contributed by atoms with van der Waals surface area (Å²) in [6.07, 6.45) is 2.86. The van der Waals surface area contributed by atoms with Crippen LogP contribution in [-0.4, -0.2) is 46.3 Å². The number of nitrogens with zero attached hydrogens (tertiary/aromatic N) is 1. The summed E-state index contributed by atoms with van der Waals surface area (Å²) in [5.74, 6) is -2.09. The van der Waals surface area contributed by atoms with E-state index in [-0.39, 0.29) is 71.5 Å². The summed E-state index contributed by atoms with van der Waals surface area (Å²) in [5, 5.41) is 38.6. The number of ketones is 2. The number of phenols is 2. The highest BCUT2D eigenvalue weighted by Gasteiger charge is 2.24. The van der Waals surface area contributed by atoms with Crippen LogP contribution >= 0.6 is 0 Å². The zero-order chi connectivity index (χ0) is 42.2.